The van der Waals surface area contributed by atoms with E-state index in [1.807, 2.05) is 0 Å². The zero-order valence-corrected chi connectivity index (χ0v) is 47.0. The molecule has 6 heteroatoms. The van der Waals surface area contributed by atoms with Gasteiger partial charge in [0, 0.05) is 19.3 Å². The Morgan fingerprint density at radius 1 is 0.282 bits per heavy atom. The first kappa shape index (κ1) is 67.8. The number of hydrogen-bond acceptors (Lipinski definition) is 6. The molecule has 6 nitrogen and oxygen atoms in total. The van der Waals surface area contributed by atoms with Crippen molar-refractivity contribution >= 4 is 17.9 Å². The van der Waals surface area contributed by atoms with Crippen LogP contribution in [0.15, 0.2) is 72.9 Å². The van der Waals surface area contributed by atoms with Gasteiger partial charge in [0.25, 0.3) is 0 Å². The maximum Gasteiger partial charge on any atom is 0.306 e. The van der Waals surface area contributed by atoms with E-state index in [4.69, 9.17) is 14.2 Å². The Morgan fingerprint density at radius 2 is 0.521 bits per heavy atom. The summed E-state index contributed by atoms with van der Waals surface area (Å²) in [5.74, 6) is -0.986. The zero-order chi connectivity index (χ0) is 51.4. The van der Waals surface area contributed by atoms with Crippen molar-refractivity contribution in [1.29, 1.82) is 0 Å². The maximum absolute atomic E-state index is 12.8. The van der Waals surface area contributed by atoms with E-state index < -0.39 is 6.10 Å². The summed E-state index contributed by atoms with van der Waals surface area (Å²) < 4.78 is 16.8. The van der Waals surface area contributed by atoms with Crippen LogP contribution in [0.4, 0.5) is 0 Å². The van der Waals surface area contributed by atoms with Crippen LogP contribution < -0.4 is 0 Å². The minimum absolute atomic E-state index is 0.105. The summed E-state index contributed by atoms with van der Waals surface area (Å²) >= 11 is 0. The number of unbranched alkanes of at least 4 members (excludes halogenated alkanes) is 32. The fraction of sp³-hybridized carbons (Fsp3) is 0.769. The number of allylic oxidation sites excluding steroid dienone is 12. The van der Waals surface area contributed by atoms with Crippen molar-refractivity contribution in [2.45, 2.75) is 309 Å². The van der Waals surface area contributed by atoms with Gasteiger partial charge >= 0.3 is 17.9 Å². The summed E-state index contributed by atoms with van der Waals surface area (Å²) in [6, 6.07) is 0. The Bertz CT molecular complexity index is 1320. The topological polar surface area (TPSA) is 78.9 Å². The Kier molecular flexibility index (Phi) is 56.8. The number of rotatable bonds is 55. The summed E-state index contributed by atoms with van der Waals surface area (Å²) in [6.07, 6.45) is 76.3. The lowest BCUT2D eigenvalue weighted by Crippen LogP contribution is -2.30. The number of carbonyl (C=O) groups excluding carboxylic acids is 3. The van der Waals surface area contributed by atoms with E-state index >= 15 is 0 Å². The molecule has 0 amide bonds. The van der Waals surface area contributed by atoms with Gasteiger partial charge < -0.3 is 14.2 Å². The van der Waals surface area contributed by atoms with Crippen molar-refractivity contribution in [3.63, 3.8) is 0 Å². The molecule has 0 N–H and O–H groups in total. The highest BCUT2D eigenvalue weighted by Crippen LogP contribution is 2.16. The molecule has 0 aliphatic heterocycles. The molecular weight excluding hydrogens is 877 g/mol. The molecule has 0 spiro atoms. The third-order valence-electron chi connectivity index (χ3n) is 13.2. The van der Waals surface area contributed by atoms with E-state index in [9.17, 15) is 14.4 Å². The predicted octanol–water partition coefficient (Wildman–Crippen LogP) is 20.5. The summed E-state index contributed by atoms with van der Waals surface area (Å²) in [5, 5.41) is 0. The highest BCUT2D eigenvalue weighted by Gasteiger charge is 2.19. The largest absolute Gasteiger partial charge is 0.462 e. The molecule has 0 unspecified atom stereocenters. The monoisotopic (exact) mass is 991 g/mol. The van der Waals surface area contributed by atoms with Crippen LogP contribution in [-0.2, 0) is 28.6 Å². The van der Waals surface area contributed by atoms with Gasteiger partial charge in [-0.2, -0.15) is 0 Å². The molecule has 71 heavy (non-hydrogen) atoms. The Hall–Kier alpha value is -3.15. The van der Waals surface area contributed by atoms with Crippen molar-refractivity contribution in [2.24, 2.45) is 0 Å². The zero-order valence-electron chi connectivity index (χ0n) is 47.0. The van der Waals surface area contributed by atoms with E-state index in [0.717, 1.165) is 70.6 Å². The minimum atomic E-state index is -0.817. The van der Waals surface area contributed by atoms with Crippen molar-refractivity contribution in [1.82, 2.24) is 0 Å². The minimum Gasteiger partial charge on any atom is -0.462 e. The van der Waals surface area contributed by atoms with Crippen LogP contribution in [0.2, 0.25) is 0 Å². The molecule has 1 atom stereocenters. The predicted molar refractivity (Wildman–Crippen MR) is 307 cm³/mol. The van der Waals surface area contributed by atoms with Gasteiger partial charge in [0.05, 0.1) is 0 Å². The fourth-order valence-corrected chi connectivity index (χ4v) is 8.58. The number of hydrogen-bond donors (Lipinski definition) is 0. The molecule has 410 valence electrons. The smallest absolute Gasteiger partial charge is 0.306 e. The van der Waals surface area contributed by atoms with Crippen LogP contribution in [0.25, 0.3) is 0 Å². The molecule has 0 rings (SSSR count). The lowest BCUT2D eigenvalue weighted by atomic mass is 10.0. The van der Waals surface area contributed by atoms with Gasteiger partial charge in [-0.05, 0) is 89.9 Å². The molecule has 0 aromatic rings. The van der Waals surface area contributed by atoms with Gasteiger partial charge in [0.2, 0.25) is 0 Å². The van der Waals surface area contributed by atoms with Crippen molar-refractivity contribution in [2.75, 3.05) is 13.2 Å². The molecule has 0 bridgehead atoms. The number of ether oxygens (including phenoxy) is 3. The van der Waals surface area contributed by atoms with Gasteiger partial charge in [-0.15, -0.1) is 0 Å². The summed E-state index contributed by atoms with van der Waals surface area (Å²) in [4.78, 5) is 38.2. The normalized spacial score (nSPS) is 12.5. The summed E-state index contributed by atoms with van der Waals surface area (Å²) in [5.41, 5.74) is 0. The van der Waals surface area contributed by atoms with Crippen LogP contribution in [0, 0.1) is 0 Å². The van der Waals surface area contributed by atoms with Crippen LogP contribution in [0.5, 0.6) is 0 Å². The van der Waals surface area contributed by atoms with E-state index in [1.54, 1.807) is 0 Å². The average Bonchev–Trinajstić information content (AvgIpc) is 3.37. The standard InChI is InChI=1S/C65H114O6/c1-4-7-10-13-16-19-22-25-28-30-31-32-33-35-37-40-43-46-49-52-55-58-64(67)70-61-62(60-69-63(66)57-54-51-48-45-42-39-36-27-24-21-18-15-12-9-6-3)71-65(68)59-56-53-50-47-44-41-38-34-29-26-23-20-17-14-11-8-5-2/h18,21,26-27,29,36,38,41-42,45,47,50,62H,4-17,19-20,22-25,28,30-35,37,39-40,43-44,46,48-49,51-61H2,1-3H3/b21-18-,29-26-,36-27-,41-38-,45-42-,50-47-/t62-/m1/s1. The molecule has 0 saturated heterocycles. The number of carbonyl (C=O) groups is 3. The highest BCUT2D eigenvalue weighted by atomic mass is 16.6. The number of esters is 3. The molecule has 0 aromatic carbocycles. The average molecular weight is 992 g/mol. The maximum atomic E-state index is 12.8. The van der Waals surface area contributed by atoms with Crippen molar-refractivity contribution < 1.29 is 28.6 Å². The van der Waals surface area contributed by atoms with Crippen molar-refractivity contribution in [3.05, 3.63) is 72.9 Å². The lowest BCUT2D eigenvalue weighted by Gasteiger charge is -2.18. The molecule has 0 fully saturated rings. The second-order valence-electron chi connectivity index (χ2n) is 20.3. The Morgan fingerprint density at radius 3 is 0.887 bits per heavy atom. The van der Waals surface area contributed by atoms with E-state index in [0.29, 0.717) is 19.3 Å². The van der Waals surface area contributed by atoms with E-state index in [-0.39, 0.29) is 37.5 Å². The molecule has 0 aliphatic carbocycles. The first-order valence-electron chi connectivity index (χ1n) is 30.4. The van der Waals surface area contributed by atoms with Crippen LogP contribution >= 0.6 is 0 Å². The fourth-order valence-electron chi connectivity index (χ4n) is 8.58. The second-order valence-corrected chi connectivity index (χ2v) is 20.3. The third kappa shape index (κ3) is 57.6. The quantitative estimate of drug-likeness (QED) is 0.0261. The van der Waals surface area contributed by atoms with Crippen molar-refractivity contribution in [3.8, 4) is 0 Å². The van der Waals surface area contributed by atoms with E-state index in [1.165, 1.54) is 186 Å². The van der Waals surface area contributed by atoms with Crippen LogP contribution in [0.1, 0.15) is 303 Å². The van der Waals surface area contributed by atoms with Gasteiger partial charge in [-0.25, -0.2) is 0 Å². The first-order valence-corrected chi connectivity index (χ1v) is 30.4. The Labute approximate surface area is 440 Å². The summed E-state index contributed by atoms with van der Waals surface area (Å²) in [7, 11) is 0. The summed E-state index contributed by atoms with van der Waals surface area (Å²) in [6.45, 7) is 6.56. The van der Waals surface area contributed by atoms with E-state index in [2.05, 4.69) is 93.7 Å². The van der Waals surface area contributed by atoms with Gasteiger partial charge in [-0.3, -0.25) is 14.4 Å². The van der Waals surface area contributed by atoms with Crippen LogP contribution in [-0.4, -0.2) is 37.2 Å². The third-order valence-corrected chi connectivity index (χ3v) is 13.2. The SMILES string of the molecule is CCCCC/C=C\C/C=C\C/C=C\CCCCC(=O)OC[C@H](COC(=O)CCCCCCCCCCCCCCCCCCCCCCC)OC(=O)CCC/C=C\C/C=C\C/C=C\CCCCCCCC. The van der Waals surface area contributed by atoms with Crippen LogP contribution in [0.3, 0.4) is 0 Å². The van der Waals surface area contributed by atoms with Gasteiger partial charge in [-0.1, -0.05) is 267 Å². The molecule has 0 aromatic heterocycles. The second kappa shape index (κ2) is 59.4. The lowest BCUT2D eigenvalue weighted by molar-refractivity contribution is -0.167. The first-order chi connectivity index (χ1) is 35.0. The molecule has 0 radical (unpaired) electrons. The van der Waals surface area contributed by atoms with Gasteiger partial charge in [0.1, 0.15) is 13.2 Å². The van der Waals surface area contributed by atoms with Gasteiger partial charge in [0.15, 0.2) is 6.10 Å². The molecule has 0 heterocycles. The molecular formula is C65H114O6. The Balaban J connectivity index is 4.43. The molecule has 0 aliphatic rings. The molecule has 0 saturated carbocycles. The highest BCUT2D eigenvalue weighted by molar-refractivity contribution is 5.71.